The predicted molar refractivity (Wildman–Crippen MR) is 63.3 cm³/mol. The zero-order chi connectivity index (χ0) is 9.28. The third kappa shape index (κ3) is 3.72. The molecule has 64 valence electrons. The standard InChI is InChI=1S/C7H18BClSi2/c1-8-7(10(2,3)4)11(5,6)9/h1-6H3. The van der Waals surface area contributed by atoms with Gasteiger partial charge in [0, 0.05) is 0 Å². The molecule has 0 aliphatic rings. The first-order valence-electron chi connectivity index (χ1n) is 4.06. The van der Waals surface area contributed by atoms with Crippen LogP contribution in [0.2, 0.25) is 39.6 Å². The molecule has 0 aliphatic carbocycles. The molecule has 0 radical (unpaired) electrons. The minimum atomic E-state index is -1.53. The summed E-state index contributed by atoms with van der Waals surface area (Å²) in [5.74, 6) is 0. The molecule has 0 amide bonds. The average molecular weight is 205 g/mol. The first-order valence-corrected chi connectivity index (χ1v) is 11.6. The Morgan fingerprint density at radius 3 is 1.45 bits per heavy atom. The second kappa shape index (κ2) is 3.58. The number of halogens is 1. The zero-order valence-electron chi connectivity index (χ0n) is 8.46. The fourth-order valence-electron chi connectivity index (χ4n) is 1.67. The monoisotopic (exact) mass is 204 g/mol. The van der Waals surface area contributed by atoms with Gasteiger partial charge < -0.3 is 0 Å². The van der Waals surface area contributed by atoms with Gasteiger partial charge in [0.25, 0.3) is 0 Å². The molecule has 0 bridgehead atoms. The Bertz CT molecular complexity index is 148. The summed E-state index contributed by atoms with van der Waals surface area (Å²) in [6.07, 6.45) is 0. The Hall–Kier alpha value is 0.659. The van der Waals surface area contributed by atoms with E-state index in [0.717, 1.165) is 0 Å². The van der Waals surface area contributed by atoms with Crippen LogP contribution in [-0.4, -0.2) is 27.1 Å². The van der Waals surface area contributed by atoms with Gasteiger partial charge in [0.2, 0.25) is 0 Å². The molecular formula is C7H18BClSi2. The van der Waals surface area contributed by atoms with Crippen molar-refractivity contribution in [2.75, 3.05) is 0 Å². The fraction of sp³-hybridized carbons (Fsp3) is 0.857. The van der Waals surface area contributed by atoms with E-state index in [1.807, 2.05) is 0 Å². The summed E-state index contributed by atoms with van der Waals surface area (Å²) in [4.78, 5) is 0. The van der Waals surface area contributed by atoms with Crippen LogP contribution in [0.3, 0.4) is 0 Å². The van der Waals surface area contributed by atoms with Gasteiger partial charge in [-0.2, -0.15) is 0 Å². The summed E-state index contributed by atoms with van der Waals surface area (Å²) in [5, 5.41) is 0. The molecule has 0 spiro atoms. The van der Waals surface area contributed by atoms with Crippen molar-refractivity contribution in [2.45, 2.75) is 39.6 Å². The third-order valence-corrected chi connectivity index (χ3v) is 10.4. The molecule has 0 fully saturated rings. The molecule has 4 heteroatoms. The van der Waals surface area contributed by atoms with Crippen LogP contribution in [0, 0.1) is 0 Å². The summed E-state index contributed by atoms with van der Waals surface area (Å²) >= 11 is 6.39. The first-order chi connectivity index (χ1) is 4.69. The van der Waals surface area contributed by atoms with Crippen LogP contribution in [0.15, 0.2) is 0 Å². The molecule has 0 heterocycles. The summed E-state index contributed by atoms with van der Waals surface area (Å²) in [7, 11) is -2.66. The van der Waals surface area contributed by atoms with Crippen molar-refractivity contribution >= 4 is 38.2 Å². The quantitative estimate of drug-likeness (QED) is 0.479. The predicted octanol–water partition coefficient (Wildman–Crippen LogP) is 2.77. The van der Waals surface area contributed by atoms with Crippen molar-refractivity contribution in [3.8, 4) is 0 Å². The van der Waals surface area contributed by atoms with Gasteiger partial charge in [-0.25, -0.2) is 0 Å². The van der Waals surface area contributed by atoms with Crippen LogP contribution in [-0.2, 0) is 0 Å². The van der Waals surface area contributed by atoms with E-state index in [4.69, 9.17) is 11.1 Å². The van der Waals surface area contributed by atoms with E-state index >= 15 is 0 Å². The molecule has 0 N–H and O–H groups in total. The van der Waals surface area contributed by atoms with Crippen molar-refractivity contribution < 1.29 is 0 Å². The van der Waals surface area contributed by atoms with Crippen LogP contribution < -0.4 is 0 Å². The maximum absolute atomic E-state index is 6.39. The molecule has 0 nitrogen and oxygen atoms in total. The molecular weight excluding hydrogens is 187 g/mol. The van der Waals surface area contributed by atoms with Gasteiger partial charge in [-0.05, 0) is 0 Å². The molecule has 0 atom stereocenters. The Morgan fingerprint density at radius 2 is 1.45 bits per heavy atom. The summed E-state index contributed by atoms with van der Waals surface area (Å²) in [6.45, 7) is 15.9. The number of rotatable bonds is 2. The van der Waals surface area contributed by atoms with Crippen LogP contribution in [0.1, 0.15) is 0 Å². The van der Waals surface area contributed by atoms with E-state index < -0.39 is 15.5 Å². The van der Waals surface area contributed by atoms with Gasteiger partial charge in [0.15, 0.2) is 0 Å². The average Bonchev–Trinajstić information content (AvgIpc) is 1.56. The van der Waals surface area contributed by atoms with Gasteiger partial charge in [-0.1, -0.05) is 0 Å². The Balaban J connectivity index is 4.74. The maximum atomic E-state index is 6.39. The zero-order valence-corrected chi connectivity index (χ0v) is 11.2. The normalized spacial score (nSPS) is 14.6. The summed E-state index contributed by atoms with van der Waals surface area (Å²) in [5.41, 5.74) is 0. The summed E-state index contributed by atoms with van der Waals surface area (Å²) in [6, 6.07) is 0. The van der Waals surface area contributed by atoms with Crippen LogP contribution in [0.4, 0.5) is 0 Å². The van der Waals surface area contributed by atoms with E-state index in [9.17, 15) is 0 Å². The van der Waals surface area contributed by atoms with Crippen molar-refractivity contribution in [1.29, 1.82) is 0 Å². The molecule has 0 rings (SSSR count). The molecule has 0 saturated carbocycles. The van der Waals surface area contributed by atoms with Crippen molar-refractivity contribution in [2.24, 2.45) is 0 Å². The molecule has 0 aromatic carbocycles. The van der Waals surface area contributed by atoms with Gasteiger partial charge in [-0.15, -0.1) is 0 Å². The van der Waals surface area contributed by atoms with Crippen molar-refractivity contribution in [3.63, 3.8) is 0 Å². The van der Waals surface area contributed by atoms with Gasteiger partial charge in [0.1, 0.15) is 0 Å². The van der Waals surface area contributed by atoms with Crippen molar-refractivity contribution in [1.82, 2.24) is 0 Å². The molecule has 0 aromatic heterocycles. The minimum absolute atomic E-state index is 1.13. The van der Waals surface area contributed by atoms with Gasteiger partial charge in [-0.3, -0.25) is 0 Å². The van der Waals surface area contributed by atoms with E-state index in [2.05, 4.69) is 46.5 Å². The van der Waals surface area contributed by atoms with Gasteiger partial charge in [0.05, 0.1) is 0 Å². The molecule has 0 aromatic rings. The van der Waals surface area contributed by atoms with Crippen LogP contribution >= 0.6 is 11.1 Å². The first kappa shape index (κ1) is 11.7. The molecule has 11 heavy (non-hydrogen) atoms. The fourth-order valence-corrected chi connectivity index (χ4v) is 13.2. The van der Waals surface area contributed by atoms with Crippen molar-refractivity contribution in [3.05, 3.63) is 0 Å². The molecule has 0 saturated heterocycles. The summed E-state index contributed by atoms with van der Waals surface area (Å²) < 4.78 is 1.58. The second-order valence-corrected chi connectivity index (χ2v) is 16.3. The van der Waals surface area contributed by atoms with E-state index in [1.54, 1.807) is 4.71 Å². The van der Waals surface area contributed by atoms with E-state index in [0.29, 0.717) is 0 Å². The third-order valence-electron chi connectivity index (χ3n) is 1.74. The topological polar surface area (TPSA) is 0 Å². The van der Waals surface area contributed by atoms with E-state index in [1.165, 1.54) is 0 Å². The Morgan fingerprint density at radius 1 is 1.09 bits per heavy atom. The number of hydrogen-bond donors (Lipinski definition) is 0. The van der Waals surface area contributed by atoms with Crippen LogP contribution in [0.5, 0.6) is 0 Å². The SMILES string of the molecule is CB=C([Si](C)(C)C)[Si](C)(C)Cl. The molecule has 0 aliphatic heterocycles. The second-order valence-electron chi connectivity index (χ2n) is 4.42. The van der Waals surface area contributed by atoms with Crippen LogP contribution in [0.25, 0.3) is 0 Å². The number of hydrogen-bond acceptors (Lipinski definition) is 0. The Labute approximate surface area is 78.0 Å². The van der Waals surface area contributed by atoms with Gasteiger partial charge >= 0.3 is 77.7 Å². The van der Waals surface area contributed by atoms with E-state index in [-0.39, 0.29) is 0 Å². The molecule has 0 unspecified atom stereocenters. The Kier molecular flexibility index (Phi) is 3.80.